The fourth-order valence-corrected chi connectivity index (χ4v) is 11.7. The van der Waals surface area contributed by atoms with Crippen LogP contribution in [0.15, 0.2) is 261 Å². The topological polar surface area (TPSA) is 11.4 Å². The van der Waals surface area contributed by atoms with Crippen molar-refractivity contribution in [1.29, 1.82) is 0 Å². The van der Waals surface area contributed by atoms with E-state index in [1.54, 1.807) is 0 Å². The van der Waals surface area contributed by atoms with Gasteiger partial charge in [0.05, 0.1) is 27.8 Å². The number of aromatic nitrogens is 1. The lowest BCUT2D eigenvalue weighted by Gasteiger charge is -2.40. The predicted octanol–water partition coefficient (Wildman–Crippen LogP) is 17.2. The average Bonchev–Trinajstić information content (AvgIpc) is 3.91. The minimum Gasteiger partial charge on any atom is -0.310 e. The Morgan fingerprint density at radius 1 is 0.324 bits per heavy atom. The lowest BCUT2D eigenvalue weighted by Crippen LogP contribution is -2.33. The maximum absolute atomic E-state index is 2.53. The summed E-state index contributed by atoms with van der Waals surface area (Å²) < 4.78 is 2.53. The zero-order chi connectivity index (χ0) is 44.8. The standard InChI is InChI=1S/C65H43N3/c1-4-18-44(19-5-1)46-34-37-50(38-35-46)67(49-24-8-3-9-25-49)62-33-17-29-58-63(62)55-43-52(66(48-22-6-2-7-23-48)51-39-36-45-20-10-11-21-47(45)42-51)40-41-56(55)65(58)57-28-13-15-32-61(57)68-60-31-14-12-26-53(60)54-27-16-30-59(65)64(54)68/h1-43H. The minimum absolute atomic E-state index is 0.639. The van der Waals surface area contributed by atoms with E-state index in [4.69, 9.17) is 0 Å². The number of para-hydroxylation sites is 5. The van der Waals surface area contributed by atoms with Crippen molar-refractivity contribution in [2.45, 2.75) is 5.41 Å². The molecule has 1 aliphatic heterocycles. The summed E-state index contributed by atoms with van der Waals surface area (Å²) in [7, 11) is 0. The Morgan fingerprint density at radius 2 is 0.882 bits per heavy atom. The first-order valence-electron chi connectivity index (χ1n) is 23.5. The van der Waals surface area contributed by atoms with Crippen molar-refractivity contribution in [3.63, 3.8) is 0 Å². The number of hydrogen-bond acceptors (Lipinski definition) is 2. The molecule has 1 atom stereocenters. The lowest BCUT2D eigenvalue weighted by atomic mass is 9.65. The Hall–Kier alpha value is -8.92. The third-order valence-electron chi connectivity index (χ3n) is 14.5. The van der Waals surface area contributed by atoms with Gasteiger partial charge in [-0.3, -0.25) is 0 Å². The zero-order valence-electron chi connectivity index (χ0n) is 37.2. The lowest BCUT2D eigenvalue weighted by molar-refractivity contribution is 0.748. The first kappa shape index (κ1) is 38.4. The van der Waals surface area contributed by atoms with Crippen molar-refractivity contribution in [2.75, 3.05) is 9.80 Å². The molecule has 2 heterocycles. The average molecular weight is 866 g/mol. The van der Waals surface area contributed by atoms with E-state index in [2.05, 4.69) is 275 Å². The summed E-state index contributed by atoms with van der Waals surface area (Å²) in [5.41, 5.74) is 19.6. The van der Waals surface area contributed by atoms with E-state index < -0.39 is 5.41 Å². The summed E-state index contributed by atoms with van der Waals surface area (Å²) in [6.07, 6.45) is 0. The molecule has 0 amide bonds. The molecule has 0 saturated heterocycles. The third kappa shape index (κ3) is 5.54. The van der Waals surface area contributed by atoms with Crippen LogP contribution in [0.1, 0.15) is 22.3 Å². The van der Waals surface area contributed by atoms with E-state index in [-0.39, 0.29) is 0 Å². The van der Waals surface area contributed by atoms with Crippen LogP contribution >= 0.6 is 0 Å². The number of hydrogen-bond donors (Lipinski definition) is 0. The molecule has 318 valence electrons. The Bertz CT molecular complexity index is 3910. The highest BCUT2D eigenvalue weighted by molar-refractivity contribution is 6.13. The van der Waals surface area contributed by atoms with Crippen molar-refractivity contribution in [2.24, 2.45) is 0 Å². The van der Waals surface area contributed by atoms with Crippen molar-refractivity contribution < 1.29 is 0 Å². The van der Waals surface area contributed by atoms with Crippen LogP contribution in [0.3, 0.4) is 0 Å². The molecule has 1 unspecified atom stereocenters. The van der Waals surface area contributed by atoms with Gasteiger partial charge in [0.2, 0.25) is 0 Å². The van der Waals surface area contributed by atoms with Gasteiger partial charge in [-0.15, -0.1) is 0 Å². The number of nitrogens with zero attached hydrogens (tertiary/aromatic N) is 3. The Kier molecular flexibility index (Phi) is 8.50. The highest BCUT2D eigenvalue weighted by atomic mass is 15.2. The van der Waals surface area contributed by atoms with Gasteiger partial charge in [-0.05, 0) is 129 Å². The van der Waals surface area contributed by atoms with Crippen LogP contribution in [0, 0.1) is 0 Å². The normalized spacial score (nSPS) is 14.2. The van der Waals surface area contributed by atoms with Crippen molar-refractivity contribution >= 4 is 66.7 Å². The largest absolute Gasteiger partial charge is 0.310 e. The van der Waals surface area contributed by atoms with Crippen LogP contribution < -0.4 is 9.80 Å². The van der Waals surface area contributed by atoms with Crippen LogP contribution in [-0.4, -0.2) is 4.57 Å². The Labute approximate surface area is 395 Å². The molecule has 3 nitrogen and oxygen atoms in total. The molecule has 1 aliphatic carbocycles. The van der Waals surface area contributed by atoms with Crippen molar-refractivity contribution in [3.05, 3.63) is 283 Å². The fraction of sp³-hybridized carbons (Fsp3) is 0.0154. The zero-order valence-corrected chi connectivity index (χ0v) is 37.2. The third-order valence-corrected chi connectivity index (χ3v) is 14.5. The molecule has 0 fully saturated rings. The summed E-state index contributed by atoms with van der Waals surface area (Å²) in [4.78, 5) is 4.89. The van der Waals surface area contributed by atoms with Crippen molar-refractivity contribution in [1.82, 2.24) is 4.57 Å². The van der Waals surface area contributed by atoms with Gasteiger partial charge >= 0.3 is 0 Å². The molecule has 2 aliphatic rings. The van der Waals surface area contributed by atoms with Gasteiger partial charge in [0.15, 0.2) is 0 Å². The van der Waals surface area contributed by atoms with Gasteiger partial charge in [0, 0.05) is 44.8 Å². The number of anilines is 6. The van der Waals surface area contributed by atoms with Gasteiger partial charge in [-0.2, -0.15) is 0 Å². The van der Waals surface area contributed by atoms with Gasteiger partial charge in [0.25, 0.3) is 0 Å². The van der Waals surface area contributed by atoms with E-state index in [1.807, 2.05) is 0 Å². The second kappa shape index (κ2) is 15.1. The molecule has 12 aromatic rings. The van der Waals surface area contributed by atoms with Gasteiger partial charge in [0.1, 0.15) is 0 Å². The first-order chi connectivity index (χ1) is 33.8. The Morgan fingerprint density at radius 3 is 1.69 bits per heavy atom. The van der Waals surface area contributed by atoms with Gasteiger partial charge in [-0.25, -0.2) is 0 Å². The number of benzene rings is 11. The van der Waals surface area contributed by atoms with E-state index >= 15 is 0 Å². The van der Waals surface area contributed by atoms with Crippen LogP contribution in [0.25, 0.3) is 60.5 Å². The molecule has 0 saturated carbocycles. The summed E-state index contributed by atoms with van der Waals surface area (Å²) in [6.45, 7) is 0. The summed E-state index contributed by atoms with van der Waals surface area (Å²) in [6, 6.07) is 96.2. The molecule has 11 aromatic carbocycles. The second-order valence-electron chi connectivity index (χ2n) is 18.0. The number of fused-ring (bicyclic) bond motifs is 13. The maximum Gasteiger partial charge on any atom is 0.0755 e. The predicted molar refractivity (Wildman–Crippen MR) is 284 cm³/mol. The van der Waals surface area contributed by atoms with Crippen molar-refractivity contribution in [3.8, 4) is 27.9 Å². The van der Waals surface area contributed by atoms with Gasteiger partial charge in [-0.1, -0.05) is 182 Å². The van der Waals surface area contributed by atoms with E-state index in [9.17, 15) is 0 Å². The molecule has 68 heavy (non-hydrogen) atoms. The van der Waals surface area contributed by atoms with Crippen LogP contribution in [0.4, 0.5) is 34.1 Å². The van der Waals surface area contributed by atoms with E-state index in [0.29, 0.717) is 0 Å². The Balaban J connectivity index is 1.09. The van der Waals surface area contributed by atoms with Gasteiger partial charge < -0.3 is 14.4 Å². The molecule has 0 N–H and O–H groups in total. The molecule has 0 radical (unpaired) electrons. The molecule has 1 spiro atoms. The molecule has 3 heteroatoms. The second-order valence-corrected chi connectivity index (χ2v) is 18.0. The molecule has 0 bridgehead atoms. The van der Waals surface area contributed by atoms with Crippen LogP contribution in [0.5, 0.6) is 0 Å². The molecular formula is C65H43N3. The van der Waals surface area contributed by atoms with Crippen LogP contribution in [0.2, 0.25) is 0 Å². The summed E-state index contributed by atoms with van der Waals surface area (Å²) in [5.74, 6) is 0. The molecular weight excluding hydrogens is 823 g/mol. The minimum atomic E-state index is -0.639. The summed E-state index contributed by atoms with van der Waals surface area (Å²) in [5, 5.41) is 4.96. The first-order valence-corrected chi connectivity index (χ1v) is 23.5. The van der Waals surface area contributed by atoms with E-state index in [0.717, 1.165) is 34.1 Å². The molecule has 1 aromatic heterocycles. The monoisotopic (exact) mass is 865 g/mol. The smallest absolute Gasteiger partial charge is 0.0755 e. The fourth-order valence-electron chi connectivity index (χ4n) is 11.7. The summed E-state index contributed by atoms with van der Waals surface area (Å²) >= 11 is 0. The SMILES string of the molecule is c1ccc(-c2ccc(N(c3ccccc3)c3cccc4c3-c3cc(N(c5ccccc5)c5ccc6ccccc6c5)ccc3C43c4ccccc4-n4c5ccccc5c5cccc3c54)cc2)cc1. The maximum atomic E-state index is 2.53. The number of rotatable bonds is 7. The molecule has 14 rings (SSSR count). The highest BCUT2D eigenvalue weighted by Crippen LogP contribution is 2.64. The quantitative estimate of drug-likeness (QED) is 0.158. The van der Waals surface area contributed by atoms with E-state index in [1.165, 1.54) is 82.8 Å². The van der Waals surface area contributed by atoms with Crippen LogP contribution in [-0.2, 0) is 5.41 Å². The highest BCUT2D eigenvalue weighted by Gasteiger charge is 2.52.